The molecular weight excluding hydrogens is 683 g/mol. The fourth-order valence-corrected chi connectivity index (χ4v) is 5.96. The maximum Gasteiger partial charge on any atom is 0.242 e. The summed E-state index contributed by atoms with van der Waals surface area (Å²) in [5.41, 5.74) is -0.778. The molecule has 0 aromatic rings. The Morgan fingerprint density at radius 1 is 1.06 bits per heavy atom. The second kappa shape index (κ2) is 27.2. The number of likely N-dealkylation sites (tertiary alicyclic amines) is 1. The molecule has 0 aromatic heterocycles. The van der Waals surface area contributed by atoms with Gasteiger partial charge < -0.3 is 35.0 Å². The summed E-state index contributed by atoms with van der Waals surface area (Å²) in [7, 11) is 8.38. The fraction of sp³-hybridized carbons (Fsp3) is 0.795. The lowest BCUT2D eigenvalue weighted by Gasteiger charge is -2.39. The lowest BCUT2D eigenvalue weighted by molar-refractivity contribution is -0.146. The number of amides is 4. The van der Waals surface area contributed by atoms with Crippen LogP contribution in [0.5, 0.6) is 0 Å². The van der Waals surface area contributed by atoms with Crippen LogP contribution in [-0.4, -0.2) is 135 Å². The topological polar surface area (TPSA) is 141 Å². The number of hydrogen-bond donors (Lipinski definition) is 3. The maximum absolute atomic E-state index is 13.7. The molecule has 304 valence electrons. The van der Waals surface area contributed by atoms with Crippen LogP contribution < -0.4 is 10.6 Å². The summed E-state index contributed by atoms with van der Waals surface area (Å²) in [6, 6.07) is -0.681. The summed E-state index contributed by atoms with van der Waals surface area (Å²) in [5, 5.41) is 16.3. The number of methoxy groups -OCH3 is 2. The molecule has 0 aliphatic carbocycles. The molecule has 1 saturated heterocycles. The molecule has 1 heterocycles. The van der Waals surface area contributed by atoms with E-state index in [4.69, 9.17) is 14.6 Å². The van der Waals surface area contributed by atoms with E-state index < -0.39 is 29.7 Å². The number of thioether (sulfide) groups is 1. The second-order valence-electron chi connectivity index (χ2n) is 14.7. The fourth-order valence-electron chi connectivity index (χ4n) is 5.57. The van der Waals surface area contributed by atoms with E-state index in [-0.39, 0.29) is 61.7 Å². The molecule has 0 bridgehead atoms. The molecule has 13 heteroatoms. The smallest absolute Gasteiger partial charge is 0.242 e. The average Bonchev–Trinajstić information content (AvgIpc) is 3.58. The van der Waals surface area contributed by atoms with Crippen LogP contribution in [0.1, 0.15) is 94.9 Å². The van der Waals surface area contributed by atoms with Crippen molar-refractivity contribution in [3.8, 4) is 0 Å². The van der Waals surface area contributed by atoms with Crippen LogP contribution in [0.15, 0.2) is 23.0 Å². The Kier molecular flexibility index (Phi) is 27.0. The molecule has 12 nitrogen and oxygen atoms in total. The van der Waals surface area contributed by atoms with Crippen LogP contribution in [0.4, 0.5) is 0 Å². The van der Waals surface area contributed by atoms with Crippen molar-refractivity contribution in [3.63, 3.8) is 0 Å². The summed E-state index contributed by atoms with van der Waals surface area (Å²) >= 11 is 1.66. The van der Waals surface area contributed by atoms with E-state index in [1.165, 1.54) is 12.0 Å². The molecule has 1 aliphatic rings. The van der Waals surface area contributed by atoms with Gasteiger partial charge in [0, 0.05) is 34.4 Å². The Bertz CT molecular complexity index is 1100. The third-order valence-corrected chi connectivity index (χ3v) is 10.2. The first-order valence-corrected chi connectivity index (χ1v) is 19.5. The second-order valence-corrected chi connectivity index (χ2v) is 15.9. The minimum Gasteiger partial charge on any atom is -0.395 e. The van der Waals surface area contributed by atoms with Crippen molar-refractivity contribution in [2.24, 2.45) is 17.8 Å². The number of rotatable bonds is 19. The predicted molar refractivity (Wildman–Crippen MR) is 215 cm³/mol. The summed E-state index contributed by atoms with van der Waals surface area (Å²) < 4.78 is 11.6. The number of nitrogens with zero attached hydrogens (tertiary/aromatic N) is 3. The van der Waals surface area contributed by atoms with Crippen molar-refractivity contribution in [2.45, 2.75) is 125 Å². The first-order chi connectivity index (χ1) is 24.2. The first-order valence-electron chi connectivity index (χ1n) is 18.6. The molecule has 4 amide bonds. The molecule has 1 fully saturated rings. The monoisotopic (exact) mass is 758 g/mol. The first kappa shape index (κ1) is 51.7. The number of allylic oxidation sites excluding steroid dienone is 2. The van der Waals surface area contributed by atoms with Gasteiger partial charge in [-0.15, -0.1) is 11.8 Å². The van der Waals surface area contributed by atoms with E-state index in [0.29, 0.717) is 13.0 Å². The SMILES string of the molecule is C=CS/C(C)=C\C.CC(C)C.CCC(C)C(C(CC(=O)N1CCCC1C(OC)C(C)C(=O)NCCO)OC)N(C)C(=O)CNC(=O)C(C)(C)N(C)C. The van der Waals surface area contributed by atoms with Crippen molar-refractivity contribution in [1.29, 1.82) is 0 Å². The van der Waals surface area contributed by atoms with Crippen molar-refractivity contribution in [2.75, 3.05) is 61.6 Å². The van der Waals surface area contributed by atoms with Crippen LogP contribution in [0.3, 0.4) is 0 Å². The highest BCUT2D eigenvalue weighted by molar-refractivity contribution is 8.05. The lowest BCUT2D eigenvalue weighted by atomic mass is 9.90. The zero-order valence-corrected chi connectivity index (χ0v) is 36.0. The summed E-state index contributed by atoms with van der Waals surface area (Å²) in [6.07, 6.45) is 3.28. The Morgan fingerprint density at radius 3 is 2.06 bits per heavy atom. The number of ether oxygens (including phenoxy) is 2. The highest BCUT2D eigenvalue weighted by atomic mass is 32.2. The number of carbonyl (C=O) groups is 4. The zero-order valence-electron chi connectivity index (χ0n) is 35.2. The van der Waals surface area contributed by atoms with Crippen LogP contribution in [-0.2, 0) is 28.7 Å². The molecule has 6 atom stereocenters. The minimum absolute atomic E-state index is 0.0203. The lowest BCUT2D eigenvalue weighted by Crippen LogP contribution is -2.56. The van der Waals surface area contributed by atoms with Crippen molar-refractivity contribution in [1.82, 2.24) is 25.3 Å². The average molecular weight is 758 g/mol. The Morgan fingerprint density at radius 2 is 1.63 bits per heavy atom. The number of aliphatic hydroxyl groups is 1. The van der Waals surface area contributed by atoms with Gasteiger partial charge in [-0.1, -0.05) is 60.6 Å². The molecule has 6 unspecified atom stereocenters. The summed E-state index contributed by atoms with van der Waals surface area (Å²) in [5.74, 6) is -0.555. The van der Waals surface area contributed by atoms with Crippen LogP contribution >= 0.6 is 11.8 Å². The van der Waals surface area contributed by atoms with Crippen molar-refractivity contribution < 1.29 is 33.8 Å². The third kappa shape index (κ3) is 18.1. The van der Waals surface area contributed by atoms with Gasteiger partial charge in [-0.05, 0) is 76.8 Å². The van der Waals surface area contributed by atoms with Gasteiger partial charge in [0.1, 0.15) is 0 Å². The highest BCUT2D eigenvalue weighted by Gasteiger charge is 2.42. The van der Waals surface area contributed by atoms with Gasteiger partial charge in [0.2, 0.25) is 23.6 Å². The molecule has 3 N–H and O–H groups in total. The van der Waals surface area contributed by atoms with Gasteiger partial charge in [0.05, 0.1) is 55.3 Å². The Labute approximate surface area is 320 Å². The zero-order chi connectivity index (χ0) is 40.8. The minimum atomic E-state index is -0.778. The molecular formula is C39H75N5O7S. The standard InChI is InChI=1S/C29H55N5O7.C6H10S.C4H10/c1-11-19(2)25(33(8)24(37)18-31-28(39)29(4,5)32(6)7)22(40-9)17-23(36)34-15-12-13-21(34)26(41-10)20(3)27(38)30-14-16-35;1-4-6(3)7-5-2;1-4(2)3/h19-22,25-26,35H,11-18H2,1-10H3,(H,30,38)(H,31,39);4-5H,2H2,1,3H3;4H,1-3H3/b;6-4-;. The van der Waals surface area contributed by atoms with E-state index in [2.05, 4.69) is 51.0 Å². The Balaban J connectivity index is 0. The van der Waals surface area contributed by atoms with Gasteiger partial charge >= 0.3 is 0 Å². The molecule has 0 spiro atoms. The predicted octanol–water partition coefficient (Wildman–Crippen LogP) is 4.92. The number of carbonyl (C=O) groups excluding carboxylic acids is 4. The van der Waals surface area contributed by atoms with Crippen molar-refractivity contribution >= 4 is 35.4 Å². The number of likely N-dealkylation sites (N-methyl/N-ethyl adjacent to an activating group) is 2. The van der Waals surface area contributed by atoms with Crippen molar-refractivity contribution in [3.05, 3.63) is 23.0 Å². The van der Waals surface area contributed by atoms with E-state index in [9.17, 15) is 19.2 Å². The van der Waals surface area contributed by atoms with E-state index in [1.807, 2.05) is 26.2 Å². The molecule has 0 radical (unpaired) electrons. The third-order valence-electron chi connectivity index (χ3n) is 9.47. The van der Waals surface area contributed by atoms with Crippen LogP contribution in [0.25, 0.3) is 0 Å². The summed E-state index contributed by atoms with van der Waals surface area (Å²) in [4.78, 5) is 58.7. The largest absolute Gasteiger partial charge is 0.395 e. The van der Waals surface area contributed by atoms with E-state index in [1.54, 1.807) is 75.5 Å². The van der Waals surface area contributed by atoms with Crippen LogP contribution in [0.2, 0.25) is 0 Å². The maximum atomic E-state index is 13.7. The molecule has 1 aliphatic heterocycles. The van der Waals surface area contributed by atoms with E-state index >= 15 is 0 Å². The molecule has 52 heavy (non-hydrogen) atoms. The van der Waals surface area contributed by atoms with Crippen LogP contribution in [0, 0.1) is 17.8 Å². The number of hydrogen-bond acceptors (Lipinski definition) is 9. The number of aliphatic hydroxyl groups excluding tert-OH is 1. The molecule has 1 rings (SSSR count). The summed E-state index contributed by atoms with van der Waals surface area (Å²) in [6.45, 7) is 23.9. The molecule has 0 saturated carbocycles. The van der Waals surface area contributed by atoms with Gasteiger partial charge in [-0.3, -0.25) is 24.1 Å². The quantitative estimate of drug-likeness (QED) is 0.168. The van der Waals surface area contributed by atoms with Gasteiger partial charge in [0.15, 0.2) is 0 Å². The molecule has 0 aromatic carbocycles. The van der Waals surface area contributed by atoms with Gasteiger partial charge in [-0.2, -0.15) is 0 Å². The highest BCUT2D eigenvalue weighted by Crippen LogP contribution is 2.29. The van der Waals surface area contributed by atoms with Gasteiger partial charge in [0.25, 0.3) is 0 Å². The Hall–Kier alpha value is -2.45. The van der Waals surface area contributed by atoms with E-state index in [0.717, 1.165) is 18.8 Å². The number of nitrogens with one attached hydrogen (secondary N) is 2. The van der Waals surface area contributed by atoms with Gasteiger partial charge in [-0.25, -0.2) is 0 Å². The normalized spacial score (nSPS) is 17.5.